The van der Waals surface area contributed by atoms with Crippen LogP contribution in [-0.4, -0.2) is 34.8 Å². The lowest BCUT2D eigenvalue weighted by Crippen LogP contribution is -2.00. The summed E-state index contributed by atoms with van der Waals surface area (Å²) in [5.41, 5.74) is 1.53. The zero-order valence-electron chi connectivity index (χ0n) is 12.6. The lowest BCUT2D eigenvalue weighted by atomic mass is 10.1. The van der Waals surface area contributed by atoms with Crippen LogP contribution in [0.3, 0.4) is 0 Å². The average molecular weight is 342 g/mol. The summed E-state index contributed by atoms with van der Waals surface area (Å²) in [6, 6.07) is 5.33. The van der Waals surface area contributed by atoms with Gasteiger partial charge < -0.3 is 9.47 Å². The summed E-state index contributed by atoms with van der Waals surface area (Å²) in [5, 5.41) is 9.72. The van der Waals surface area contributed by atoms with Crippen LogP contribution in [0.2, 0.25) is 0 Å². The van der Waals surface area contributed by atoms with Crippen LogP contribution in [0.4, 0.5) is 8.78 Å². The molecule has 1 heterocycles. The van der Waals surface area contributed by atoms with Gasteiger partial charge in [0.25, 0.3) is 6.43 Å². The van der Waals surface area contributed by atoms with Gasteiger partial charge in [-0.05, 0) is 42.9 Å². The molecule has 0 fully saturated rings. The van der Waals surface area contributed by atoms with Crippen molar-refractivity contribution in [3.05, 3.63) is 39.9 Å². The highest BCUT2D eigenvalue weighted by Gasteiger charge is 2.16. The van der Waals surface area contributed by atoms with Gasteiger partial charge in [0.05, 0.1) is 19.9 Å². The molecule has 0 atom stereocenters. The molecule has 1 aromatic carbocycles. The van der Waals surface area contributed by atoms with E-state index < -0.39 is 12.2 Å². The molecule has 0 amide bonds. The Morgan fingerprint density at radius 3 is 2.91 bits per heavy atom. The second-order valence-corrected chi connectivity index (χ2v) is 4.84. The van der Waals surface area contributed by atoms with E-state index in [4.69, 9.17) is 21.7 Å². The summed E-state index contributed by atoms with van der Waals surface area (Å²) in [6.07, 6.45) is -1.35. The minimum Gasteiger partial charge on any atom is -0.496 e. The maximum Gasteiger partial charge on any atom is 0.299 e. The van der Waals surface area contributed by atoms with Crippen LogP contribution >= 0.6 is 12.2 Å². The Morgan fingerprint density at radius 1 is 1.48 bits per heavy atom. The molecule has 0 radical (unpaired) electrons. The SMILES string of the molecule is CCOCc1cc(/C=N\n2c(C(F)F)n[nH]c2=S)ccc1OC. The van der Waals surface area contributed by atoms with E-state index in [0.717, 1.165) is 10.2 Å². The van der Waals surface area contributed by atoms with E-state index in [2.05, 4.69) is 15.3 Å². The molecule has 2 aromatic rings. The smallest absolute Gasteiger partial charge is 0.299 e. The van der Waals surface area contributed by atoms with Crippen LogP contribution in [0.5, 0.6) is 5.75 Å². The third-order valence-corrected chi connectivity index (χ3v) is 3.22. The summed E-state index contributed by atoms with van der Waals surface area (Å²) in [6.45, 7) is 2.85. The molecule has 0 bridgehead atoms. The highest BCUT2D eigenvalue weighted by Crippen LogP contribution is 2.20. The largest absolute Gasteiger partial charge is 0.496 e. The van der Waals surface area contributed by atoms with Gasteiger partial charge >= 0.3 is 0 Å². The summed E-state index contributed by atoms with van der Waals surface area (Å²) >= 11 is 4.89. The predicted molar refractivity (Wildman–Crippen MR) is 83.7 cm³/mol. The third kappa shape index (κ3) is 4.20. The molecule has 0 spiro atoms. The summed E-state index contributed by atoms with van der Waals surface area (Å²) in [7, 11) is 1.57. The number of benzene rings is 1. The first-order valence-electron chi connectivity index (χ1n) is 6.81. The van der Waals surface area contributed by atoms with Crippen molar-refractivity contribution in [1.82, 2.24) is 14.9 Å². The Bertz CT molecular complexity index is 743. The van der Waals surface area contributed by atoms with Crippen molar-refractivity contribution in [1.29, 1.82) is 0 Å². The number of aromatic amines is 1. The summed E-state index contributed by atoms with van der Waals surface area (Å²) in [4.78, 5) is 0. The van der Waals surface area contributed by atoms with Crippen LogP contribution in [0, 0.1) is 4.77 Å². The second-order valence-electron chi connectivity index (χ2n) is 4.45. The van der Waals surface area contributed by atoms with Gasteiger partial charge in [-0.2, -0.15) is 14.9 Å². The fraction of sp³-hybridized carbons (Fsp3) is 0.357. The Labute approximate surface area is 136 Å². The molecule has 0 unspecified atom stereocenters. The Kier molecular flexibility index (Phi) is 5.94. The van der Waals surface area contributed by atoms with Crippen LogP contribution in [-0.2, 0) is 11.3 Å². The molecule has 1 N–H and O–H groups in total. The Morgan fingerprint density at radius 2 is 2.26 bits per heavy atom. The average Bonchev–Trinajstić information content (AvgIpc) is 2.92. The van der Waals surface area contributed by atoms with E-state index in [9.17, 15) is 8.78 Å². The molecular formula is C14H16F2N4O2S. The highest BCUT2D eigenvalue weighted by molar-refractivity contribution is 7.71. The van der Waals surface area contributed by atoms with Gasteiger partial charge in [-0.1, -0.05) is 0 Å². The number of alkyl halides is 2. The monoisotopic (exact) mass is 342 g/mol. The number of nitrogens with one attached hydrogen (secondary N) is 1. The molecule has 0 aliphatic heterocycles. The van der Waals surface area contributed by atoms with Gasteiger partial charge in [0.2, 0.25) is 10.6 Å². The molecule has 2 rings (SSSR count). The molecule has 9 heteroatoms. The molecule has 0 aliphatic carbocycles. The van der Waals surface area contributed by atoms with Crippen molar-refractivity contribution < 1.29 is 18.3 Å². The van der Waals surface area contributed by atoms with E-state index >= 15 is 0 Å². The number of nitrogens with zero attached hydrogens (tertiary/aromatic N) is 3. The molecule has 0 aliphatic rings. The zero-order chi connectivity index (χ0) is 16.8. The number of methoxy groups -OCH3 is 1. The standard InChI is InChI=1S/C14H16F2N4O2S/c1-3-22-8-10-6-9(4-5-11(10)21-2)7-17-20-13(12(15)16)18-19-14(20)23/h4-7,12H,3,8H2,1-2H3,(H,19,23)/b17-7-. The second kappa shape index (κ2) is 7.93. The highest BCUT2D eigenvalue weighted by atomic mass is 32.1. The van der Waals surface area contributed by atoms with Gasteiger partial charge in [-0.25, -0.2) is 13.9 Å². The van der Waals surface area contributed by atoms with E-state index in [1.54, 1.807) is 19.2 Å². The summed E-state index contributed by atoms with van der Waals surface area (Å²) < 4.78 is 37.2. The first-order valence-corrected chi connectivity index (χ1v) is 7.22. The van der Waals surface area contributed by atoms with Crippen LogP contribution < -0.4 is 4.74 Å². The fourth-order valence-corrected chi connectivity index (χ4v) is 2.07. The number of aromatic nitrogens is 3. The zero-order valence-corrected chi connectivity index (χ0v) is 13.4. The molecule has 1 aromatic heterocycles. The molecular weight excluding hydrogens is 326 g/mol. The van der Waals surface area contributed by atoms with Crippen LogP contribution in [0.15, 0.2) is 23.3 Å². The number of H-pyrrole nitrogens is 1. The van der Waals surface area contributed by atoms with Gasteiger partial charge in [-0.15, -0.1) is 0 Å². The van der Waals surface area contributed by atoms with Crippen molar-refractivity contribution in [2.45, 2.75) is 20.0 Å². The molecule has 0 saturated heterocycles. The number of hydrogen-bond donors (Lipinski definition) is 1. The Balaban J connectivity index is 2.29. The predicted octanol–water partition coefficient (Wildman–Crippen LogP) is 3.31. The minimum absolute atomic E-state index is 0.000369. The fourth-order valence-electron chi connectivity index (χ4n) is 1.88. The summed E-state index contributed by atoms with van der Waals surface area (Å²) in [5.74, 6) is 0.151. The van der Waals surface area contributed by atoms with Crippen molar-refractivity contribution in [2.24, 2.45) is 5.10 Å². The maximum absolute atomic E-state index is 12.8. The van der Waals surface area contributed by atoms with Crippen LogP contribution in [0.1, 0.15) is 30.3 Å². The normalized spacial score (nSPS) is 11.5. The number of halogens is 2. The van der Waals surface area contributed by atoms with Crippen molar-refractivity contribution in [2.75, 3.05) is 13.7 Å². The molecule has 6 nitrogen and oxygen atoms in total. The van der Waals surface area contributed by atoms with Crippen molar-refractivity contribution in [3.63, 3.8) is 0 Å². The maximum atomic E-state index is 12.8. The quantitative estimate of drug-likeness (QED) is 0.619. The minimum atomic E-state index is -2.77. The van der Waals surface area contributed by atoms with E-state index in [-0.39, 0.29) is 4.77 Å². The third-order valence-electron chi connectivity index (χ3n) is 2.96. The molecule has 124 valence electrons. The lowest BCUT2D eigenvalue weighted by molar-refractivity contribution is 0.132. The van der Waals surface area contributed by atoms with Gasteiger partial charge in [-0.3, -0.25) is 0 Å². The topological polar surface area (TPSA) is 64.4 Å². The first-order chi connectivity index (χ1) is 11.1. The number of ether oxygens (including phenoxy) is 2. The van der Waals surface area contributed by atoms with E-state index in [0.29, 0.717) is 24.5 Å². The van der Waals surface area contributed by atoms with Crippen LogP contribution in [0.25, 0.3) is 0 Å². The first kappa shape index (κ1) is 17.2. The Hall–Kier alpha value is -2.13. The molecule has 0 saturated carbocycles. The molecule has 23 heavy (non-hydrogen) atoms. The lowest BCUT2D eigenvalue weighted by Gasteiger charge is -2.09. The van der Waals surface area contributed by atoms with E-state index in [1.165, 1.54) is 6.21 Å². The van der Waals surface area contributed by atoms with Gasteiger partial charge in [0, 0.05) is 12.2 Å². The number of rotatable bonds is 7. The van der Waals surface area contributed by atoms with Gasteiger partial charge in [0.1, 0.15) is 5.75 Å². The van der Waals surface area contributed by atoms with Gasteiger partial charge in [0.15, 0.2) is 0 Å². The number of hydrogen-bond acceptors (Lipinski definition) is 5. The van der Waals surface area contributed by atoms with Crippen molar-refractivity contribution >= 4 is 18.4 Å². The van der Waals surface area contributed by atoms with E-state index in [1.807, 2.05) is 13.0 Å². The van der Waals surface area contributed by atoms with Crippen molar-refractivity contribution in [3.8, 4) is 5.75 Å².